The Kier molecular flexibility index (Phi) is 11.6. The van der Waals surface area contributed by atoms with Crippen molar-refractivity contribution in [3.8, 4) is 0 Å². The molecule has 1 aliphatic rings. The minimum atomic E-state index is -1.20. The van der Waals surface area contributed by atoms with E-state index in [0.29, 0.717) is 48.8 Å². The zero-order valence-electron chi connectivity index (χ0n) is 26.1. The molecule has 47 heavy (non-hydrogen) atoms. The van der Waals surface area contributed by atoms with Crippen LogP contribution in [-0.2, 0) is 16.0 Å². The fourth-order valence-corrected chi connectivity index (χ4v) is 6.09. The highest BCUT2D eigenvalue weighted by Crippen LogP contribution is 2.32. The van der Waals surface area contributed by atoms with Crippen LogP contribution in [0.3, 0.4) is 0 Å². The third-order valence-corrected chi connectivity index (χ3v) is 8.76. The minimum Gasteiger partial charge on any atom is -0.465 e. The first-order valence-electron chi connectivity index (χ1n) is 15.6. The maximum Gasteiger partial charge on any atom is 0.407 e. The summed E-state index contributed by atoms with van der Waals surface area (Å²) in [5, 5.41) is 19.9. The number of morpholine rings is 1. The molecule has 1 saturated heterocycles. The van der Waals surface area contributed by atoms with Gasteiger partial charge in [-0.15, -0.1) is 0 Å². The Hall–Kier alpha value is -4.70. The third kappa shape index (κ3) is 8.77. The molecule has 4 aromatic carbocycles. The SMILES string of the molecule is CN(C(=O)O)[C@H](C(=O)Nc1ccccc1CC[C@@H]1CN[C@H](CNC(=O)c2ccccc2Cl)CO1)C(c1ccccc1)c1ccccc1. The zero-order valence-corrected chi connectivity index (χ0v) is 26.9. The maximum absolute atomic E-state index is 14.1. The predicted octanol–water partition coefficient (Wildman–Crippen LogP) is 5.81. The van der Waals surface area contributed by atoms with E-state index < -0.39 is 24.0 Å². The van der Waals surface area contributed by atoms with Gasteiger partial charge in [-0.2, -0.15) is 0 Å². The largest absolute Gasteiger partial charge is 0.465 e. The number of para-hydroxylation sites is 1. The van der Waals surface area contributed by atoms with E-state index in [-0.39, 0.29) is 18.1 Å². The zero-order chi connectivity index (χ0) is 33.2. The Labute approximate surface area is 279 Å². The Morgan fingerprint density at radius 1 is 0.915 bits per heavy atom. The molecular weight excluding hydrogens is 616 g/mol. The van der Waals surface area contributed by atoms with Crippen molar-refractivity contribution in [3.63, 3.8) is 0 Å². The van der Waals surface area contributed by atoms with Crippen LogP contribution in [0.5, 0.6) is 0 Å². The average Bonchev–Trinajstić information content (AvgIpc) is 3.10. The number of amides is 3. The van der Waals surface area contributed by atoms with E-state index in [1.807, 2.05) is 84.9 Å². The summed E-state index contributed by atoms with van der Waals surface area (Å²) in [5.41, 5.74) is 3.66. The Bertz CT molecular complexity index is 1610. The van der Waals surface area contributed by atoms with Crippen LogP contribution in [0, 0.1) is 0 Å². The van der Waals surface area contributed by atoms with Gasteiger partial charge in [-0.05, 0) is 47.7 Å². The first kappa shape index (κ1) is 33.7. The molecule has 1 fully saturated rings. The van der Waals surface area contributed by atoms with Crippen LogP contribution in [0.1, 0.15) is 39.4 Å². The van der Waals surface area contributed by atoms with Crippen molar-refractivity contribution in [1.82, 2.24) is 15.5 Å². The number of benzene rings is 4. The number of hydrogen-bond donors (Lipinski definition) is 4. The first-order chi connectivity index (χ1) is 22.8. The van der Waals surface area contributed by atoms with Crippen molar-refractivity contribution in [2.45, 2.75) is 36.9 Å². The van der Waals surface area contributed by atoms with Gasteiger partial charge < -0.3 is 25.8 Å². The van der Waals surface area contributed by atoms with E-state index in [4.69, 9.17) is 16.3 Å². The summed E-state index contributed by atoms with van der Waals surface area (Å²) in [6.45, 7) is 1.46. The predicted molar refractivity (Wildman–Crippen MR) is 183 cm³/mol. The third-order valence-electron chi connectivity index (χ3n) is 8.43. The highest BCUT2D eigenvalue weighted by molar-refractivity contribution is 6.33. The molecule has 244 valence electrons. The summed E-state index contributed by atoms with van der Waals surface area (Å²) in [6, 6.07) is 32.4. The molecule has 10 heteroatoms. The van der Waals surface area contributed by atoms with Crippen LogP contribution < -0.4 is 16.0 Å². The Morgan fingerprint density at radius 3 is 2.15 bits per heavy atom. The second kappa shape index (κ2) is 16.2. The molecule has 4 N–H and O–H groups in total. The van der Waals surface area contributed by atoms with Gasteiger partial charge in [-0.3, -0.25) is 14.5 Å². The number of hydrogen-bond acceptors (Lipinski definition) is 5. The van der Waals surface area contributed by atoms with Gasteiger partial charge in [0.2, 0.25) is 5.91 Å². The summed E-state index contributed by atoms with van der Waals surface area (Å²) in [7, 11) is 1.43. The van der Waals surface area contributed by atoms with Gasteiger partial charge >= 0.3 is 6.09 Å². The normalized spacial score (nSPS) is 16.7. The second-order valence-corrected chi connectivity index (χ2v) is 12.0. The maximum atomic E-state index is 14.1. The lowest BCUT2D eigenvalue weighted by atomic mass is 9.84. The summed E-state index contributed by atoms with van der Waals surface area (Å²) in [4.78, 5) is 39.9. The number of anilines is 1. The molecule has 0 saturated carbocycles. The Balaban J connectivity index is 1.22. The quantitative estimate of drug-likeness (QED) is 0.153. The van der Waals surface area contributed by atoms with Crippen molar-refractivity contribution in [2.24, 2.45) is 0 Å². The van der Waals surface area contributed by atoms with Gasteiger partial charge in [-0.1, -0.05) is 103 Å². The van der Waals surface area contributed by atoms with Crippen molar-refractivity contribution in [1.29, 1.82) is 0 Å². The van der Waals surface area contributed by atoms with Crippen molar-refractivity contribution < 1.29 is 24.2 Å². The molecule has 0 aromatic heterocycles. The van der Waals surface area contributed by atoms with Crippen LogP contribution in [-0.4, -0.2) is 72.8 Å². The molecule has 9 nitrogen and oxygen atoms in total. The molecule has 5 rings (SSSR count). The lowest BCUT2D eigenvalue weighted by molar-refractivity contribution is -0.120. The molecule has 1 aliphatic heterocycles. The second-order valence-electron chi connectivity index (χ2n) is 11.6. The van der Waals surface area contributed by atoms with Crippen molar-refractivity contribution in [2.75, 3.05) is 32.1 Å². The molecular formula is C37H39ClN4O5. The number of aryl methyl sites for hydroxylation is 1. The van der Waals surface area contributed by atoms with Crippen LogP contribution in [0.15, 0.2) is 109 Å². The standard InChI is InChI=1S/C37H39ClN4O5/c1-42(37(45)46)34(33(26-13-4-2-5-14-26)27-15-6-3-7-16-27)36(44)41-32-19-11-8-12-25(32)20-21-29-23-39-28(24-47-29)22-40-35(43)30-17-9-10-18-31(30)38/h2-19,28-29,33-34,39H,20-24H2,1H3,(H,40,43)(H,41,44)(H,45,46)/t28-,29-,34+/m1/s1. The van der Waals surface area contributed by atoms with Crippen molar-refractivity contribution in [3.05, 3.63) is 136 Å². The van der Waals surface area contributed by atoms with Crippen LogP contribution >= 0.6 is 11.6 Å². The highest BCUT2D eigenvalue weighted by Gasteiger charge is 2.37. The molecule has 4 aromatic rings. The van der Waals surface area contributed by atoms with E-state index in [9.17, 15) is 19.5 Å². The number of nitrogens with one attached hydrogen (secondary N) is 3. The first-order valence-corrected chi connectivity index (χ1v) is 16.0. The van der Waals surface area contributed by atoms with Crippen LogP contribution in [0.4, 0.5) is 10.5 Å². The lowest BCUT2D eigenvalue weighted by Crippen LogP contribution is -2.51. The number of rotatable bonds is 12. The molecule has 1 heterocycles. The smallest absolute Gasteiger partial charge is 0.407 e. The van der Waals surface area contributed by atoms with E-state index in [1.54, 1.807) is 24.3 Å². The van der Waals surface area contributed by atoms with Gasteiger partial charge in [0.25, 0.3) is 5.91 Å². The molecule has 0 bridgehead atoms. The van der Waals surface area contributed by atoms with Crippen LogP contribution in [0.2, 0.25) is 5.02 Å². The number of likely N-dealkylation sites (N-methyl/N-ethyl adjacent to an activating group) is 1. The molecule has 0 radical (unpaired) electrons. The molecule has 0 aliphatic carbocycles. The van der Waals surface area contributed by atoms with E-state index in [0.717, 1.165) is 21.6 Å². The fraction of sp³-hybridized carbons (Fsp3) is 0.270. The van der Waals surface area contributed by atoms with E-state index in [2.05, 4.69) is 16.0 Å². The molecule has 0 unspecified atom stereocenters. The summed E-state index contributed by atoms with van der Waals surface area (Å²) < 4.78 is 6.12. The highest BCUT2D eigenvalue weighted by atomic mass is 35.5. The molecule has 3 atom stereocenters. The molecule has 3 amide bonds. The minimum absolute atomic E-state index is 0.0328. The van der Waals surface area contributed by atoms with Crippen LogP contribution in [0.25, 0.3) is 0 Å². The average molecular weight is 655 g/mol. The van der Waals surface area contributed by atoms with Gasteiger partial charge in [0.1, 0.15) is 6.04 Å². The van der Waals surface area contributed by atoms with Gasteiger partial charge in [0, 0.05) is 37.8 Å². The summed E-state index contributed by atoms with van der Waals surface area (Å²) in [6.07, 6.45) is 0.0877. The number of halogens is 1. The number of carbonyl (C=O) groups excluding carboxylic acids is 2. The van der Waals surface area contributed by atoms with E-state index in [1.165, 1.54) is 7.05 Å². The Morgan fingerprint density at radius 2 is 1.53 bits per heavy atom. The number of carboxylic acid groups (broad SMARTS) is 1. The topological polar surface area (TPSA) is 120 Å². The summed E-state index contributed by atoms with van der Waals surface area (Å²) >= 11 is 6.14. The van der Waals surface area contributed by atoms with Crippen molar-refractivity contribution >= 4 is 35.2 Å². The number of carbonyl (C=O) groups is 3. The summed E-state index contributed by atoms with van der Waals surface area (Å²) in [5.74, 6) is -1.18. The number of ether oxygens (including phenoxy) is 1. The van der Waals surface area contributed by atoms with Gasteiger partial charge in [0.05, 0.1) is 23.3 Å². The number of nitrogens with zero attached hydrogens (tertiary/aromatic N) is 1. The van der Waals surface area contributed by atoms with Gasteiger partial charge in [-0.25, -0.2) is 4.79 Å². The van der Waals surface area contributed by atoms with E-state index >= 15 is 0 Å². The van der Waals surface area contributed by atoms with Gasteiger partial charge in [0.15, 0.2) is 0 Å². The fourth-order valence-electron chi connectivity index (χ4n) is 5.87. The molecule has 0 spiro atoms. The lowest BCUT2D eigenvalue weighted by Gasteiger charge is -2.33. The monoisotopic (exact) mass is 654 g/mol.